The van der Waals surface area contributed by atoms with Gasteiger partial charge in [-0.05, 0) is 44.5 Å². The molecule has 0 saturated carbocycles. The van der Waals surface area contributed by atoms with Crippen LogP contribution in [0, 0.1) is 19.7 Å². The SMILES string of the molecule is COCCCn1c(C)cc(C(=O)CSCc2cc(F)ccc2OC)c1C. The summed E-state index contributed by atoms with van der Waals surface area (Å²) in [6.45, 7) is 5.53. The summed E-state index contributed by atoms with van der Waals surface area (Å²) in [6.07, 6.45) is 0.911. The molecule has 0 amide bonds. The van der Waals surface area contributed by atoms with Crippen LogP contribution >= 0.6 is 11.8 Å². The molecular weight excluding hydrogens is 353 g/mol. The first-order valence-electron chi connectivity index (χ1n) is 8.57. The number of aromatic nitrogens is 1. The minimum atomic E-state index is -0.299. The Labute approximate surface area is 158 Å². The Bertz CT molecular complexity index is 758. The summed E-state index contributed by atoms with van der Waals surface area (Å²) in [4.78, 5) is 12.6. The molecule has 0 atom stereocenters. The Morgan fingerprint density at radius 1 is 1.23 bits per heavy atom. The van der Waals surface area contributed by atoms with Crippen LogP contribution in [0.1, 0.15) is 33.7 Å². The number of thioether (sulfide) groups is 1. The summed E-state index contributed by atoms with van der Waals surface area (Å²) in [6, 6.07) is 6.39. The summed E-state index contributed by atoms with van der Waals surface area (Å²) >= 11 is 1.47. The minimum Gasteiger partial charge on any atom is -0.496 e. The zero-order chi connectivity index (χ0) is 19.1. The summed E-state index contributed by atoms with van der Waals surface area (Å²) in [5.74, 6) is 1.31. The predicted octanol–water partition coefficient (Wildman–Crippen LogP) is 4.41. The van der Waals surface area contributed by atoms with E-state index in [1.165, 1.54) is 23.9 Å². The van der Waals surface area contributed by atoms with Crippen molar-refractivity contribution in [2.75, 3.05) is 26.6 Å². The molecule has 6 heteroatoms. The number of carbonyl (C=O) groups is 1. The average molecular weight is 379 g/mol. The molecule has 1 aromatic carbocycles. The molecule has 142 valence electrons. The van der Waals surface area contributed by atoms with E-state index in [1.54, 1.807) is 20.3 Å². The highest BCUT2D eigenvalue weighted by atomic mass is 32.2. The number of Topliss-reactive ketones (excluding diaryl/α,β-unsaturated/α-hetero) is 1. The van der Waals surface area contributed by atoms with Gasteiger partial charge in [-0.2, -0.15) is 0 Å². The molecule has 2 aromatic rings. The van der Waals surface area contributed by atoms with E-state index in [2.05, 4.69) is 4.57 Å². The number of ketones is 1. The summed E-state index contributed by atoms with van der Waals surface area (Å²) in [5, 5.41) is 0. The molecule has 0 N–H and O–H groups in total. The zero-order valence-corrected chi connectivity index (χ0v) is 16.6. The number of nitrogens with zero attached hydrogens (tertiary/aromatic N) is 1. The molecule has 0 fully saturated rings. The van der Waals surface area contributed by atoms with E-state index < -0.39 is 0 Å². The highest BCUT2D eigenvalue weighted by molar-refractivity contribution is 7.99. The van der Waals surface area contributed by atoms with Crippen molar-refractivity contribution in [3.05, 3.63) is 52.6 Å². The van der Waals surface area contributed by atoms with Crippen LogP contribution in [0.4, 0.5) is 4.39 Å². The van der Waals surface area contributed by atoms with Gasteiger partial charge in [0.15, 0.2) is 5.78 Å². The molecule has 0 aliphatic heterocycles. The average Bonchev–Trinajstić information content (AvgIpc) is 2.90. The van der Waals surface area contributed by atoms with Gasteiger partial charge in [0.05, 0.1) is 12.9 Å². The Balaban J connectivity index is 1.98. The fraction of sp³-hybridized carbons (Fsp3) is 0.450. The monoisotopic (exact) mass is 379 g/mol. The number of hydrogen-bond donors (Lipinski definition) is 0. The molecule has 0 bridgehead atoms. The number of hydrogen-bond acceptors (Lipinski definition) is 4. The number of benzene rings is 1. The normalized spacial score (nSPS) is 11.0. The van der Waals surface area contributed by atoms with Crippen molar-refractivity contribution in [1.29, 1.82) is 0 Å². The molecule has 2 rings (SSSR count). The van der Waals surface area contributed by atoms with Crippen molar-refractivity contribution < 1.29 is 18.7 Å². The fourth-order valence-electron chi connectivity index (χ4n) is 2.99. The van der Waals surface area contributed by atoms with E-state index in [1.807, 2.05) is 19.9 Å². The lowest BCUT2D eigenvalue weighted by atomic mass is 10.2. The predicted molar refractivity (Wildman–Crippen MR) is 104 cm³/mol. The number of methoxy groups -OCH3 is 2. The van der Waals surface area contributed by atoms with Crippen molar-refractivity contribution in [3.63, 3.8) is 0 Å². The van der Waals surface area contributed by atoms with Gasteiger partial charge in [0.2, 0.25) is 0 Å². The number of ether oxygens (including phenoxy) is 2. The Morgan fingerprint density at radius 2 is 2.00 bits per heavy atom. The maximum Gasteiger partial charge on any atom is 0.174 e. The van der Waals surface area contributed by atoms with Crippen LogP contribution in [0.2, 0.25) is 0 Å². The maximum absolute atomic E-state index is 13.4. The molecule has 0 unspecified atom stereocenters. The minimum absolute atomic E-state index is 0.0939. The lowest BCUT2D eigenvalue weighted by molar-refractivity contribution is 0.102. The van der Waals surface area contributed by atoms with Crippen molar-refractivity contribution in [2.45, 2.75) is 32.6 Å². The summed E-state index contributed by atoms with van der Waals surface area (Å²) < 4.78 is 25.9. The van der Waals surface area contributed by atoms with Crippen LogP contribution < -0.4 is 4.74 Å². The number of halogens is 1. The Morgan fingerprint density at radius 3 is 2.69 bits per heavy atom. The third kappa shape index (κ3) is 5.11. The molecule has 0 aliphatic rings. The molecule has 0 saturated heterocycles. The van der Waals surface area contributed by atoms with Crippen LogP contribution in [0.3, 0.4) is 0 Å². The Kier molecular flexibility index (Phi) is 7.72. The summed E-state index contributed by atoms with van der Waals surface area (Å²) in [5.41, 5.74) is 3.60. The third-order valence-electron chi connectivity index (χ3n) is 4.34. The Hall–Kier alpha value is -1.79. The van der Waals surface area contributed by atoms with Crippen LogP contribution in [-0.2, 0) is 17.0 Å². The van der Waals surface area contributed by atoms with Gasteiger partial charge < -0.3 is 14.0 Å². The van der Waals surface area contributed by atoms with E-state index >= 15 is 0 Å². The topological polar surface area (TPSA) is 40.5 Å². The van der Waals surface area contributed by atoms with E-state index in [0.29, 0.717) is 23.9 Å². The quantitative estimate of drug-likeness (QED) is 0.453. The van der Waals surface area contributed by atoms with E-state index in [9.17, 15) is 9.18 Å². The van der Waals surface area contributed by atoms with Crippen LogP contribution in [0.15, 0.2) is 24.3 Å². The first-order valence-corrected chi connectivity index (χ1v) is 9.72. The zero-order valence-electron chi connectivity index (χ0n) is 15.8. The fourth-order valence-corrected chi connectivity index (χ4v) is 3.87. The van der Waals surface area contributed by atoms with Crippen molar-refractivity contribution in [1.82, 2.24) is 4.57 Å². The lowest BCUT2D eigenvalue weighted by Gasteiger charge is -2.10. The van der Waals surface area contributed by atoms with E-state index in [0.717, 1.165) is 35.5 Å². The third-order valence-corrected chi connectivity index (χ3v) is 5.32. The van der Waals surface area contributed by atoms with Gasteiger partial charge in [0, 0.05) is 48.5 Å². The van der Waals surface area contributed by atoms with Gasteiger partial charge in [-0.25, -0.2) is 4.39 Å². The molecule has 1 heterocycles. The first-order chi connectivity index (χ1) is 12.5. The molecule has 0 radical (unpaired) electrons. The first kappa shape index (κ1) is 20.5. The van der Waals surface area contributed by atoms with Gasteiger partial charge >= 0.3 is 0 Å². The van der Waals surface area contributed by atoms with Crippen molar-refractivity contribution in [3.8, 4) is 5.75 Å². The van der Waals surface area contributed by atoms with Gasteiger partial charge in [-0.1, -0.05) is 0 Å². The van der Waals surface area contributed by atoms with Gasteiger partial charge in [0.25, 0.3) is 0 Å². The largest absolute Gasteiger partial charge is 0.496 e. The second-order valence-corrected chi connectivity index (χ2v) is 7.14. The second-order valence-electron chi connectivity index (χ2n) is 6.15. The van der Waals surface area contributed by atoms with Crippen molar-refractivity contribution >= 4 is 17.5 Å². The number of aryl methyl sites for hydroxylation is 1. The molecule has 1 aromatic heterocycles. The highest BCUT2D eigenvalue weighted by Crippen LogP contribution is 2.25. The van der Waals surface area contributed by atoms with Gasteiger partial charge in [0.1, 0.15) is 11.6 Å². The maximum atomic E-state index is 13.4. The standard InChI is InChI=1S/C20H26FNO3S/c1-14-10-18(15(2)22(14)8-5-9-24-3)19(23)13-26-12-16-11-17(21)6-7-20(16)25-4/h6-7,10-11H,5,8-9,12-13H2,1-4H3. The molecule has 26 heavy (non-hydrogen) atoms. The summed E-state index contributed by atoms with van der Waals surface area (Å²) in [7, 11) is 3.25. The van der Waals surface area contributed by atoms with Gasteiger partial charge in [-0.15, -0.1) is 11.8 Å². The van der Waals surface area contributed by atoms with Gasteiger partial charge in [-0.3, -0.25) is 4.79 Å². The van der Waals surface area contributed by atoms with Crippen LogP contribution in [0.5, 0.6) is 5.75 Å². The number of rotatable bonds is 10. The van der Waals surface area contributed by atoms with E-state index in [4.69, 9.17) is 9.47 Å². The molecule has 0 spiro atoms. The van der Waals surface area contributed by atoms with Crippen LogP contribution in [-0.4, -0.2) is 36.9 Å². The molecule has 4 nitrogen and oxygen atoms in total. The smallest absolute Gasteiger partial charge is 0.174 e. The lowest BCUT2D eigenvalue weighted by Crippen LogP contribution is -2.08. The highest BCUT2D eigenvalue weighted by Gasteiger charge is 2.16. The second kappa shape index (κ2) is 9.78. The van der Waals surface area contributed by atoms with Crippen LogP contribution in [0.25, 0.3) is 0 Å². The van der Waals surface area contributed by atoms with E-state index in [-0.39, 0.29) is 11.6 Å². The number of carbonyl (C=O) groups excluding carboxylic acids is 1. The molecule has 0 aliphatic carbocycles. The molecular formula is C20H26FNO3S. The van der Waals surface area contributed by atoms with Crippen molar-refractivity contribution in [2.24, 2.45) is 0 Å².